The summed E-state index contributed by atoms with van der Waals surface area (Å²) in [6.07, 6.45) is -0.545. The Morgan fingerprint density at radius 2 is 1.54 bits per heavy atom. The first kappa shape index (κ1) is 15.6. The van der Waals surface area contributed by atoms with Crippen LogP contribution in [0.25, 0.3) is 11.1 Å². The van der Waals surface area contributed by atoms with Crippen molar-refractivity contribution in [2.45, 2.75) is 6.92 Å². The van der Waals surface area contributed by atoms with Gasteiger partial charge in [-0.25, -0.2) is 4.79 Å². The standard InChI is InChI=1S/C20H18N2O2/c1-14-18(21)8-5-9-19(14)24-20(23)22-17-12-10-16(11-13-17)15-6-3-2-4-7-15/h2-13H,21H2,1H3,(H,22,23). The van der Waals surface area contributed by atoms with E-state index in [-0.39, 0.29) is 0 Å². The monoisotopic (exact) mass is 318 g/mol. The second-order valence-corrected chi connectivity index (χ2v) is 5.43. The first-order valence-electron chi connectivity index (χ1n) is 7.63. The molecule has 1 amide bonds. The van der Waals surface area contributed by atoms with Crippen LogP contribution < -0.4 is 15.8 Å². The van der Waals surface area contributed by atoms with Crippen LogP contribution in [0.15, 0.2) is 72.8 Å². The number of carbonyl (C=O) groups is 1. The molecular formula is C20H18N2O2. The number of rotatable bonds is 3. The van der Waals surface area contributed by atoms with Gasteiger partial charge in [0.05, 0.1) is 0 Å². The lowest BCUT2D eigenvalue weighted by Crippen LogP contribution is -2.17. The molecule has 0 fully saturated rings. The Bertz CT molecular complexity index is 843. The minimum atomic E-state index is -0.545. The van der Waals surface area contributed by atoms with E-state index >= 15 is 0 Å². The van der Waals surface area contributed by atoms with Crippen LogP contribution in [0, 0.1) is 6.92 Å². The molecule has 0 heterocycles. The molecule has 0 aromatic heterocycles. The number of hydrogen-bond acceptors (Lipinski definition) is 3. The summed E-state index contributed by atoms with van der Waals surface area (Å²) in [6.45, 7) is 1.81. The van der Waals surface area contributed by atoms with Gasteiger partial charge < -0.3 is 10.5 Å². The van der Waals surface area contributed by atoms with E-state index in [0.717, 1.165) is 16.7 Å². The topological polar surface area (TPSA) is 64.3 Å². The third-order valence-electron chi connectivity index (χ3n) is 3.77. The lowest BCUT2D eigenvalue weighted by atomic mass is 10.1. The number of nitrogen functional groups attached to an aromatic ring is 1. The zero-order chi connectivity index (χ0) is 16.9. The lowest BCUT2D eigenvalue weighted by Gasteiger charge is -2.10. The van der Waals surface area contributed by atoms with Crippen molar-refractivity contribution < 1.29 is 9.53 Å². The summed E-state index contributed by atoms with van der Waals surface area (Å²) >= 11 is 0. The zero-order valence-electron chi connectivity index (χ0n) is 13.3. The van der Waals surface area contributed by atoms with E-state index in [1.807, 2.05) is 61.5 Å². The molecule has 24 heavy (non-hydrogen) atoms. The molecule has 0 atom stereocenters. The number of nitrogens with one attached hydrogen (secondary N) is 1. The molecule has 0 aliphatic carbocycles. The minimum Gasteiger partial charge on any atom is -0.410 e. The van der Waals surface area contributed by atoms with Crippen LogP contribution in [0.4, 0.5) is 16.2 Å². The molecule has 4 heteroatoms. The number of amides is 1. The van der Waals surface area contributed by atoms with Crippen LogP contribution in [0.1, 0.15) is 5.56 Å². The predicted molar refractivity (Wildman–Crippen MR) is 97.1 cm³/mol. The number of ether oxygens (including phenoxy) is 1. The molecule has 0 bridgehead atoms. The van der Waals surface area contributed by atoms with Crippen LogP contribution in [0.2, 0.25) is 0 Å². The molecule has 3 aromatic rings. The second kappa shape index (κ2) is 6.87. The van der Waals surface area contributed by atoms with Crippen LogP contribution in [0.5, 0.6) is 5.75 Å². The van der Waals surface area contributed by atoms with Crippen LogP contribution in [0.3, 0.4) is 0 Å². The number of anilines is 2. The lowest BCUT2D eigenvalue weighted by molar-refractivity contribution is 0.215. The third kappa shape index (κ3) is 3.55. The van der Waals surface area contributed by atoms with Crippen molar-refractivity contribution in [3.63, 3.8) is 0 Å². The zero-order valence-corrected chi connectivity index (χ0v) is 13.3. The summed E-state index contributed by atoms with van der Waals surface area (Å²) in [4.78, 5) is 12.0. The fraction of sp³-hybridized carbons (Fsp3) is 0.0500. The summed E-state index contributed by atoms with van der Waals surface area (Å²) in [7, 11) is 0. The molecule has 0 saturated carbocycles. The van der Waals surface area contributed by atoms with Crippen molar-refractivity contribution in [2.24, 2.45) is 0 Å². The molecule has 0 spiro atoms. The van der Waals surface area contributed by atoms with E-state index < -0.39 is 6.09 Å². The largest absolute Gasteiger partial charge is 0.417 e. The van der Waals surface area contributed by atoms with Gasteiger partial charge in [0.1, 0.15) is 5.75 Å². The predicted octanol–water partition coefficient (Wildman–Crippen LogP) is 4.86. The number of nitrogens with two attached hydrogens (primary N) is 1. The second-order valence-electron chi connectivity index (χ2n) is 5.43. The van der Waals surface area contributed by atoms with Crippen molar-refractivity contribution in [2.75, 3.05) is 11.1 Å². The Morgan fingerprint density at radius 3 is 2.25 bits per heavy atom. The smallest absolute Gasteiger partial charge is 0.410 e. The molecule has 3 N–H and O–H groups in total. The highest BCUT2D eigenvalue weighted by Crippen LogP contribution is 2.24. The highest BCUT2D eigenvalue weighted by Gasteiger charge is 2.09. The molecule has 0 saturated heterocycles. The van der Waals surface area contributed by atoms with Gasteiger partial charge in [-0.2, -0.15) is 0 Å². The molecular weight excluding hydrogens is 300 g/mol. The van der Waals surface area contributed by atoms with Gasteiger partial charge in [-0.3, -0.25) is 5.32 Å². The van der Waals surface area contributed by atoms with Gasteiger partial charge >= 0.3 is 6.09 Å². The third-order valence-corrected chi connectivity index (χ3v) is 3.77. The van der Waals surface area contributed by atoms with E-state index in [2.05, 4.69) is 5.32 Å². The average molecular weight is 318 g/mol. The maximum absolute atomic E-state index is 12.0. The van der Waals surface area contributed by atoms with E-state index in [4.69, 9.17) is 10.5 Å². The van der Waals surface area contributed by atoms with Crippen molar-refractivity contribution in [3.05, 3.63) is 78.4 Å². The summed E-state index contributed by atoms with van der Waals surface area (Å²) in [5.74, 6) is 0.452. The molecule has 0 unspecified atom stereocenters. The highest BCUT2D eigenvalue weighted by molar-refractivity contribution is 5.87. The number of hydrogen-bond donors (Lipinski definition) is 2. The average Bonchev–Trinajstić information content (AvgIpc) is 2.60. The van der Waals surface area contributed by atoms with E-state index in [1.165, 1.54) is 0 Å². The fourth-order valence-corrected chi connectivity index (χ4v) is 2.36. The Hall–Kier alpha value is -3.27. The van der Waals surface area contributed by atoms with Gasteiger partial charge in [-0.1, -0.05) is 48.5 Å². The summed E-state index contributed by atoms with van der Waals surface area (Å²) in [5, 5.41) is 2.71. The first-order chi connectivity index (χ1) is 11.6. The normalized spacial score (nSPS) is 10.2. The Kier molecular flexibility index (Phi) is 4.47. The molecule has 0 aliphatic heterocycles. The molecule has 3 aromatic carbocycles. The van der Waals surface area contributed by atoms with Crippen molar-refractivity contribution in [3.8, 4) is 16.9 Å². The quantitative estimate of drug-likeness (QED) is 0.678. The maximum Gasteiger partial charge on any atom is 0.417 e. The molecule has 4 nitrogen and oxygen atoms in total. The fourth-order valence-electron chi connectivity index (χ4n) is 2.36. The van der Waals surface area contributed by atoms with Gasteiger partial charge in [0.2, 0.25) is 0 Å². The molecule has 0 aliphatic rings. The Morgan fingerprint density at radius 1 is 0.875 bits per heavy atom. The number of benzene rings is 3. The van der Waals surface area contributed by atoms with E-state index in [1.54, 1.807) is 18.2 Å². The first-order valence-corrected chi connectivity index (χ1v) is 7.63. The van der Waals surface area contributed by atoms with Gasteiger partial charge in [0.25, 0.3) is 0 Å². The van der Waals surface area contributed by atoms with Gasteiger partial charge in [-0.05, 0) is 42.3 Å². The molecule has 3 rings (SSSR count). The Labute approximate surface area is 140 Å². The summed E-state index contributed by atoms with van der Waals surface area (Å²) in [6, 6.07) is 22.9. The summed E-state index contributed by atoms with van der Waals surface area (Å²) < 4.78 is 5.31. The van der Waals surface area contributed by atoms with Crippen LogP contribution in [-0.2, 0) is 0 Å². The minimum absolute atomic E-state index is 0.452. The van der Waals surface area contributed by atoms with Crippen LogP contribution in [-0.4, -0.2) is 6.09 Å². The van der Waals surface area contributed by atoms with E-state index in [9.17, 15) is 4.79 Å². The molecule has 0 radical (unpaired) electrons. The van der Waals surface area contributed by atoms with Crippen LogP contribution >= 0.6 is 0 Å². The van der Waals surface area contributed by atoms with Crippen molar-refractivity contribution in [1.82, 2.24) is 0 Å². The van der Waals surface area contributed by atoms with E-state index in [0.29, 0.717) is 17.1 Å². The highest BCUT2D eigenvalue weighted by atomic mass is 16.6. The van der Waals surface area contributed by atoms with Crippen molar-refractivity contribution >= 4 is 17.5 Å². The maximum atomic E-state index is 12.0. The molecule has 120 valence electrons. The van der Waals surface area contributed by atoms with Gasteiger partial charge in [0.15, 0.2) is 0 Å². The Balaban J connectivity index is 1.68. The summed E-state index contributed by atoms with van der Waals surface area (Å²) in [5.41, 5.74) is 10.0. The van der Waals surface area contributed by atoms with Gasteiger partial charge in [0, 0.05) is 16.9 Å². The van der Waals surface area contributed by atoms with Gasteiger partial charge in [-0.15, -0.1) is 0 Å². The SMILES string of the molecule is Cc1c(N)cccc1OC(=O)Nc1ccc(-c2ccccc2)cc1. The number of carbonyl (C=O) groups excluding carboxylic acids is 1. The van der Waals surface area contributed by atoms with Crippen molar-refractivity contribution in [1.29, 1.82) is 0 Å².